The highest BCUT2D eigenvalue weighted by atomic mass is 32.1. The number of hydrogen-bond acceptors (Lipinski definition) is 3. The molecule has 11 aromatic rings. The predicted molar refractivity (Wildman–Crippen MR) is 243 cm³/mol. The number of anilines is 3. The molecule has 11 rings (SSSR count). The van der Waals surface area contributed by atoms with Gasteiger partial charge in [-0.2, -0.15) is 0 Å². The van der Waals surface area contributed by atoms with Gasteiger partial charge in [0.2, 0.25) is 0 Å². The number of benzene rings is 9. The van der Waals surface area contributed by atoms with Crippen molar-refractivity contribution in [2.75, 3.05) is 4.90 Å². The predicted octanol–water partition coefficient (Wildman–Crippen LogP) is 16.1. The van der Waals surface area contributed by atoms with E-state index in [-0.39, 0.29) is 0 Å². The summed E-state index contributed by atoms with van der Waals surface area (Å²) in [7, 11) is 0. The average Bonchev–Trinajstić information content (AvgIpc) is 3.87. The number of rotatable bonds is 7. The Bertz CT molecular complexity index is 3160. The second kappa shape index (κ2) is 13.8. The fourth-order valence-corrected chi connectivity index (χ4v) is 9.73. The molecule has 0 aliphatic carbocycles. The number of fused-ring (bicyclic) bond motifs is 6. The van der Waals surface area contributed by atoms with Crippen LogP contribution in [0.25, 0.3) is 86.6 Å². The molecular weight excluding hydrogens is 711 g/mol. The SMILES string of the molecule is c1ccc(-c2ccc3c(c2)oc2c(N(c4c(-c5ccccc5)cccc4-c4ccccc4)c4ccc(-c5ccccc5)c5sc6ccccc6c45)cccc23)cc1. The van der Waals surface area contributed by atoms with E-state index in [9.17, 15) is 0 Å². The summed E-state index contributed by atoms with van der Waals surface area (Å²) in [5.41, 5.74) is 14.2. The molecule has 2 nitrogen and oxygen atoms in total. The Morgan fingerprint density at radius 3 is 1.60 bits per heavy atom. The lowest BCUT2D eigenvalue weighted by Crippen LogP contribution is -2.13. The first-order chi connectivity index (χ1) is 28.3. The Balaban J connectivity index is 1.28. The maximum Gasteiger partial charge on any atom is 0.159 e. The Morgan fingerprint density at radius 2 is 0.930 bits per heavy atom. The molecule has 0 aliphatic heterocycles. The van der Waals surface area contributed by atoms with Crippen molar-refractivity contribution in [3.05, 3.63) is 212 Å². The summed E-state index contributed by atoms with van der Waals surface area (Å²) in [6.45, 7) is 0. The minimum atomic E-state index is 0.847. The molecule has 3 heteroatoms. The van der Waals surface area contributed by atoms with E-state index in [1.807, 2.05) is 11.3 Å². The van der Waals surface area contributed by atoms with Crippen molar-refractivity contribution in [1.29, 1.82) is 0 Å². The molecule has 0 unspecified atom stereocenters. The number of nitrogens with zero attached hydrogens (tertiary/aromatic N) is 1. The third-order valence-electron chi connectivity index (χ3n) is 11.1. The Hall–Kier alpha value is -7.20. The summed E-state index contributed by atoms with van der Waals surface area (Å²) in [5.74, 6) is 0. The summed E-state index contributed by atoms with van der Waals surface area (Å²) in [5, 5.41) is 4.63. The van der Waals surface area contributed by atoms with Crippen LogP contribution in [0, 0.1) is 0 Å². The highest BCUT2D eigenvalue weighted by Crippen LogP contribution is 2.53. The van der Waals surface area contributed by atoms with Crippen LogP contribution < -0.4 is 4.90 Å². The molecule has 268 valence electrons. The number of para-hydroxylation sites is 2. The lowest BCUT2D eigenvalue weighted by atomic mass is 9.93. The van der Waals surface area contributed by atoms with Gasteiger partial charge < -0.3 is 9.32 Å². The van der Waals surface area contributed by atoms with E-state index in [2.05, 4.69) is 217 Å². The van der Waals surface area contributed by atoms with Gasteiger partial charge in [-0.05, 0) is 63.7 Å². The van der Waals surface area contributed by atoms with Gasteiger partial charge in [-0.1, -0.05) is 182 Å². The molecule has 57 heavy (non-hydrogen) atoms. The van der Waals surface area contributed by atoms with Crippen molar-refractivity contribution in [2.45, 2.75) is 0 Å². The van der Waals surface area contributed by atoms with Gasteiger partial charge >= 0.3 is 0 Å². The van der Waals surface area contributed by atoms with Crippen LogP contribution in [0.15, 0.2) is 217 Å². The molecule has 0 aliphatic rings. The smallest absolute Gasteiger partial charge is 0.159 e. The molecular formula is C54H35NOS. The third kappa shape index (κ3) is 5.63. The molecule has 9 aromatic carbocycles. The zero-order chi connectivity index (χ0) is 37.7. The van der Waals surface area contributed by atoms with Crippen LogP contribution in [0.4, 0.5) is 17.1 Å². The average molecular weight is 746 g/mol. The normalized spacial score (nSPS) is 11.5. The highest BCUT2D eigenvalue weighted by Gasteiger charge is 2.28. The Kier molecular flexibility index (Phi) is 8.04. The van der Waals surface area contributed by atoms with E-state index in [1.165, 1.54) is 31.3 Å². The lowest BCUT2D eigenvalue weighted by Gasteiger charge is -2.31. The van der Waals surface area contributed by atoms with Crippen LogP contribution >= 0.6 is 11.3 Å². The van der Waals surface area contributed by atoms with Gasteiger partial charge in [-0.3, -0.25) is 0 Å². The summed E-state index contributed by atoms with van der Waals surface area (Å²) < 4.78 is 9.61. The van der Waals surface area contributed by atoms with E-state index in [0.717, 1.165) is 72.4 Å². The summed E-state index contributed by atoms with van der Waals surface area (Å²) in [4.78, 5) is 2.49. The molecule has 0 atom stereocenters. The Morgan fingerprint density at radius 1 is 0.368 bits per heavy atom. The molecule has 0 spiro atoms. The summed E-state index contributed by atoms with van der Waals surface area (Å²) in [6, 6.07) is 76.2. The maximum absolute atomic E-state index is 7.10. The minimum absolute atomic E-state index is 0.847. The van der Waals surface area contributed by atoms with Gasteiger partial charge in [0.05, 0.1) is 17.1 Å². The van der Waals surface area contributed by atoms with Crippen molar-refractivity contribution >= 4 is 70.5 Å². The minimum Gasteiger partial charge on any atom is -0.454 e. The van der Waals surface area contributed by atoms with Gasteiger partial charge in [0.1, 0.15) is 5.58 Å². The molecule has 2 aromatic heterocycles. The van der Waals surface area contributed by atoms with Gasteiger partial charge in [-0.25, -0.2) is 0 Å². The van der Waals surface area contributed by atoms with Crippen molar-refractivity contribution < 1.29 is 4.42 Å². The standard InChI is InChI=1S/C54H35NOS/c1-5-17-36(18-6-1)40-31-32-44-45-28-16-29-48(53(45)56-49(44)35-40)55(52-41(37-19-7-2-8-20-37)26-15-27-42(52)38-21-9-3-10-22-38)47-34-33-43(39-23-11-4-12-24-39)54-51(47)46-25-13-14-30-50(46)57-54/h1-35H. The first-order valence-electron chi connectivity index (χ1n) is 19.3. The lowest BCUT2D eigenvalue weighted by molar-refractivity contribution is 0.669. The molecule has 0 saturated carbocycles. The van der Waals surface area contributed by atoms with Crippen molar-refractivity contribution in [3.8, 4) is 44.5 Å². The second-order valence-corrected chi connectivity index (χ2v) is 15.5. The van der Waals surface area contributed by atoms with Gasteiger partial charge in [0, 0.05) is 42.1 Å². The molecule has 0 fully saturated rings. The van der Waals surface area contributed by atoms with Gasteiger partial charge in [0.25, 0.3) is 0 Å². The zero-order valence-electron chi connectivity index (χ0n) is 31.0. The van der Waals surface area contributed by atoms with Crippen molar-refractivity contribution in [3.63, 3.8) is 0 Å². The quantitative estimate of drug-likeness (QED) is 0.162. The number of hydrogen-bond donors (Lipinski definition) is 0. The first-order valence-corrected chi connectivity index (χ1v) is 20.2. The van der Waals surface area contributed by atoms with E-state index < -0.39 is 0 Å². The Labute approximate surface area is 335 Å². The van der Waals surface area contributed by atoms with Crippen LogP contribution in [0.1, 0.15) is 0 Å². The molecule has 0 N–H and O–H groups in total. The topological polar surface area (TPSA) is 16.4 Å². The van der Waals surface area contributed by atoms with Crippen molar-refractivity contribution in [1.82, 2.24) is 0 Å². The molecule has 0 amide bonds. The van der Waals surface area contributed by atoms with E-state index in [1.54, 1.807) is 0 Å². The number of furan rings is 1. The first kappa shape index (κ1) is 33.2. The summed E-state index contributed by atoms with van der Waals surface area (Å²) >= 11 is 1.86. The van der Waals surface area contributed by atoms with Crippen LogP contribution in [-0.2, 0) is 0 Å². The van der Waals surface area contributed by atoms with E-state index >= 15 is 0 Å². The van der Waals surface area contributed by atoms with Crippen LogP contribution in [0.3, 0.4) is 0 Å². The van der Waals surface area contributed by atoms with Crippen LogP contribution in [-0.4, -0.2) is 0 Å². The fraction of sp³-hybridized carbons (Fsp3) is 0. The zero-order valence-corrected chi connectivity index (χ0v) is 31.8. The van der Waals surface area contributed by atoms with Crippen LogP contribution in [0.2, 0.25) is 0 Å². The molecule has 0 saturated heterocycles. The molecule has 2 heterocycles. The number of thiophene rings is 1. The van der Waals surface area contributed by atoms with E-state index in [0.29, 0.717) is 0 Å². The molecule has 0 radical (unpaired) electrons. The largest absolute Gasteiger partial charge is 0.454 e. The monoisotopic (exact) mass is 745 g/mol. The maximum atomic E-state index is 7.10. The van der Waals surface area contributed by atoms with Crippen molar-refractivity contribution in [2.24, 2.45) is 0 Å². The highest BCUT2D eigenvalue weighted by molar-refractivity contribution is 7.26. The fourth-order valence-electron chi connectivity index (χ4n) is 8.47. The van der Waals surface area contributed by atoms with Gasteiger partial charge in [0.15, 0.2) is 5.58 Å². The summed E-state index contributed by atoms with van der Waals surface area (Å²) in [6.07, 6.45) is 0. The molecule has 0 bridgehead atoms. The van der Waals surface area contributed by atoms with Gasteiger partial charge in [-0.15, -0.1) is 11.3 Å². The van der Waals surface area contributed by atoms with Crippen LogP contribution in [0.5, 0.6) is 0 Å². The van der Waals surface area contributed by atoms with E-state index in [4.69, 9.17) is 4.42 Å². The third-order valence-corrected chi connectivity index (χ3v) is 12.3. The second-order valence-electron chi connectivity index (χ2n) is 14.4.